The Labute approximate surface area is 186 Å². The average molecular weight is 433 g/mol. The number of rotatable bonds is 5. The van der Waals surface area contributed by atoms with Crippen molar-refractivity contribution >= 4 is 34.9 Å². The van der Waals surface area contributed by atoms with E-state index < -0.39 is 0 Å². The molecule has 0 aromatic carbocycles. The molecule has 30 heavy (non-hydrogen) atoms. The summed E-state index contributed by atoms with van der Waals surface area (Å²) in [7, 11) is 0. The SMILES string of the molecule is CC1CCN(c2cc(N3CCC(C)CC3)nc(NC(=S)NC[C@@H]3CCCO3)n2)CC1. The maximum Gasteiger partial charge on any atom is 0.232 e. The second-order valence-electron chi connectivity index (χ2n) is 9.22. The van der Waals surface area contributed by atoms with Gasteiger partial charge in [0, 0.05) is 45.4 Å². The van der Waals surface area contributed by atoms with Gasteiger partial charge < -0.3 is 25.2 Å². The van der Waals surface area contributed by atoms with Crippen molar-refractivity contribution in [2.24, 2.45) is 11.8 Å². The van der Waals surface area contributed by atoms with E-state index in [9.17, 15) is 0 Å². The zero-order valence-corrected chi connectivity index (χ0v) is 19.2. The lowest BCUT2D eigenvalue weighted by atomic mass is 9.99. The maximum absolute atomic E-state index is 5.67. The molecule has 3 aliphatic rings. The number of thiocarbonyl (C=S) groups is 1. The zero-order valence-electron chi connectivity index (χ0n) is 18.4. The van der Waals surface area contributed by atoms with Crippen LogP contribution in [0.1, 0.15) is 52.4 Å². The van der Waals surface area contributed by atoms with Crippen molar-refractivity contribution in [3.63, 3.8) is 0 Å². The van der Waals surface area contributed by atoms with Gasteiger partial charge >= 0.3 is 0 Å². The number of ether oxygens (including phenoxy) is 1. The summed E-state index contributed by atoms with van der Waals surface area (Å²) in [6.07, 6.45) is 7.32. The quantitative estimate of drug-likeness (QED) is 0.686. The largest absolute Gasteiger partial charge is 0.376 e. The first kappa shape index (κ1) is 21.6. The van der Waals surface area contributed by atoms with Gasteiger partial charge in [-0.2, -0.15) is 9.97 Å². The van der Waals surface area contributed by atoms with E-state index in [1.165, 1.54) is 25.7 Å². The molecule has 3 aliphatic heterocycles. The summed E-state index contributed by atoms with van der Waals surface area (Å²) in [5, 5.41) is 7.07. The van der Waals surface area contributed by atoms with Crippen LogP contribution in [-0.2, 0) is 4.74 Å². The van der Waals surface area contributed by atoms with Gasteiger partial charge in [0.2, 0.25) is 5.95 Å². The summed E-state index contributed by atoms with van der Waals surface area (Å²) in [5.74, 6) is 4.19. The van der Waals surface area contributed by atoms with E-state index in [4.69, 9.17) is 26.9 Å². The van der Waals surface area contributed by atoms with Gasteiger partial charge in [0.25, 0.3) is 0 Å². The van der Waals surface area contributed by atoms with E-state index in [1.807, 2.05) is 0 Å². The van der Waals surface area contributed by atoms with Crippen LogP contribution >= 0.6 is 12.2 Å². The lowest BCUT2D eigenvalue weighted by molar-refractivity contribution is 0.114. The molecule has 166 valence electrons. The van der Waals surface area contributed by atoms with Crippen molar-refractivity contribution in [2.75, 3.05) is 54.4 Å². The maximum atomic E-state index is 5.67. The molecule has 8 heteroatoms. The minimum absolute atomic E-state index is 0.248. The molecule has 0 radical (unpaired) electrons. The number of nitrogens with one attached hydrogen (secondary N) is 2. The average Bonchev–Trinajstić information content (AvgIpc) is 3.27. The molecule has 3 saturated heterocycles. The summed E-state index contributed by atoms with van der Waals surface area (Å²) in [4.78, 5) is 14.4. The van der Waals surface area contributed by atoms with Gasteiger partial charge in [-0.25, -0.2) is 0 Å². The number of nitrogens with zero attached hydrogens (tertiary/aromatic N) is 4. The minimum atomic E-state index is 0.248. The fraction of sp³-hybridized carbons (Fsp3) is 0.773. The lowest BCUT2D eigenvalue weighted by Crippen LogP contribution is -2.37. The molecule has 0 bridgehead atoms. The predicted octanol–water partition coefficient (Wildman–Crippen LogP) is 3.41. The number of hydrogen-bond donors (Lipinski definition) is 2. The minimum Gasteiger partial charge on any atom is -0.376 e. The van der Waals surface area contributed by atoms with Gasteiger partial charge in [-0.3, -0.25) is 0 Å². The van der Waals surface area contributed by atoms with Gasteiger partial charge in [-0.05, 0) is 62.6 Å². The summed E-state index contributed by atoms with van der Waals surface area (Å²) in [5.41, 5.74) is 0. The van der Waals surface area contributed by atoms with Crippen LogP contribution in [0.25, 0.3) is 0 Å². The van der Waals surface area contributed by atoms with Crippen LogP contribution in [0, 0.1) is 11.8 Å². The van der Waals surface area contributed by atoms with Crippen LogP contribution < -0.4 is 20.4 Å². The van der Waals surface area contributed by atoms with Crippen LogP contribution in [0.15, 0.2) is 6.07 Å². The molecule has 2 N–H and O–H groups in total. The molecule has 0 spiro atoms. The zero-order chi connectivity index (χ0) is 20.9. The van der Waals surface area contributed by atoms with Gasteiger partial charge in [0.15, 0.2) is 5.11 Å². The van der Waals surface area contributed by atoms with E-state index in [0.29, 0.717) is 11.1 Å². The van der Waals surface area contributed by atoms with E-state index >= 15 is 0 Å². The Bertz CT molecular complexity index is 669. The highest BCUT2D eigenvalue weighted by molar-refractivity contribution is 7.80. The Kier molecular flexibility index (Phi) is 7.25. The fourth-order valence-corrected chi connectivity index (χ4v) is 4.61. The van der Waals surface area contributed by atoms with E-state index in [0.717, 1.165) is 75.6 Å². The topological polar surface area (TPSA) is 65.5 Å². The monoisotopic (exact) mass is 432 g/mol. The second-order valence-corrected chi connectivity index (χ2v) is 9.63. The Hall–Kier alpha value is -1.67. The first-order chi connectivity index (χ1) is 14.6. The summed E-state index contributed by atoms with van der Waals surface area (Å²) < 4.78 is 5.67. The summed E-state index contributed by atoms with van der Waals surface area (Å²) in [6, 6.07) is 2.17. The molecule has 4 rings (SSSR count). The molecule has 1 aromatic rings. The van der Waals surface area contributed by atoms with Gasteiger partial charge in [-0.1, -0.05) is 13.8 Å². The number of hydrogen-bond acceptors (Lipinski definition) is 6. The summed E-state index contributed by atoms with van der Waals surface area (Å²) >= 11 is 5.52. The fourth-order valence-electron chi connectivity index (χ4n) is 4.43. The van der Waals surface area contributed by atoms with Crippen LogP contribution in [0.2, 0.25) is 0 Å². The van der Waals surface area contributed by atoms with Crippen molar-refractivity contribution in [2.45, 2.75) is 58.5 Å². The molecule has 4 heterocycles. The van der Waals surface area contributed by atoms with Crippen molar-refractivity contribution in [3.8, 4) is 0 Å². The smallest absolute Gasteiger partial charge is 0.232 e. The highest BCUT2D eigenvalue weighted by Gasteiger charge is 2.22. The molecule has 0 aliphatic carbocycles. The Morgan fingerprint density at radius 3 is 2.07 bits per heavy atom. The van der Waals surface area contributed by atoms with Crippen LogP contribution in [0.3, 0.4) is 0 Å². The van der Waals surface area contributed by atoms with Crippen molar-refractivity contribution in [1.82, 2.24) is 15.3 Å². The first-order valence-corrected chi connectivity index (χ1v) is 12.0. The van der Waals surface area contributed by atoms with Gasteiger partial charge in [0.05, 0.1) is 6.10 Å². The lowest BCUT2D eigenvalue weighted by Gasteiger charge is -2.34. The highest BCUT2D eigenvalue weighted by atomic mass is 32.1. The molecule has 0 amide bonds. The third-order valence-corrected chi connectivity index (χ3v) is 6.90. The van der Waals surface area contributed by atoms with E-state index in [2.05, 4.69) is 40.3 Å². The third-order valence-electron chi connectivity index (χ3n) is 6.65. The molecule has 0 unspecified atom stereocenters. The predicted molar refractivity (Wildman–Crippen MR) is 126 cm³/mol. The molecule has 3 fully saturated rings. The Morgan fingerprint density at radius 1 is 1.00 bits per heavy atom. The van der Waals surface area contributed by atoms with Crippen LogP contribution in [-0.4, -0.2) is 60.5 Å². The molecular formula is C22H36N6OS. The Morgan fingerprint density at radius 2 is 1.57 bits per heavy atom. The van der Waals surface area contributed by atoms with Crippen LogP contribution in [0.5, 0.6) is 0 Å². The normalized spacial score (nSPS) is 23.6. The molecule has 1 aromatic heterocycles. The third kappa shape index (κ3) is 5.72. The molecule has 1 atom stereocenters. The van der Waals surface area contributed by atoms with E-state index in [1.54, 1.807) is 0 Å². The number of aromatic nitrogens is 2. The first-order valence-electron chi connectivity index (χ1n) is 11.6. The Balaban J connectivity index is 1.46. The van der Waals surface area contributed by atoms with Crippen molar-refractivity contribution in [3.05, 3.63) is 6.07 Å². The van der Waals surface area contributed by atoms with Gasteiger partial charge in [0.1, 0.15) is 11.6 Å². The second kappa shape index (κ2) is 10.1. The number of anilines is 3. The van der Waals surface area contributed by atoms with Crippen LogP contribution in [0.4, 0.5) is 17.6 Å². The molecular weight excluding hydrogens is 396 g/mol. The number of piperidine rings is 2. The highest BCUT2D eigenvalue weighted by Crippen LogP contribution is 2.28. The van der Waals surface area contributed by atoms with Crippen molar-refractivity contribution < 1.29 is 4.74 Å². The standard InChI is InChI=1S/C22H36N6OS/c1-16-5-9-27(10-6-16)19-14-20(28-11-7-17(2)8-12-28)25-21(24-19)26-22(30)23-15-18-4-3-13-29-18/h14,16-18H,3-13,15H2,1-2H3,(H2,23,24,25,26,30)/t18-/m0/s1. The molecule has 7 nitrogen and oxygen atoms in total. The summed E-state index contributed by atoms with van der Waals surface area (Å²) in [6.45, 7) is 10.5. The van der Waals surface area contributed by atoms with E-state index in [-0.39, 0.29) is 6.10 Å². The molecule has 0 saturated carbocycles. The van der Waals surface area contributed by atoms with Crippen molar-refractivity contribution in [1.29, 1.82) is 0 Å². The van der Waals surface area contributed by atoms with Gasteiger partial charge in [-0.15, -0.1) is 0 Å².